The minimum absolute atomic E-state index is 0.166. The summed E-state index contributed by atoms with van der Waals surface area (Å²) in [6.07, 6.45) is 3.91. The first-order valence-electron chi connectivity index (χ1n) is 7.55. The first-order valence-corrected chi connectivity index (χ1v) is 7.93. The monoisotopic (exact) mass is 342 g/mol. The summed E-state index contributed by atoms with van der Waals surface area (Å²) in [7, 11) is 0. The molecule has 1 atom stereocenters. The van der Waals surface area contributed by atoms with Gasteiger partial charge in [-0.25, -0.2) is 4.39 Å². The molecule has 0 bridgehead atoms. The molecular formula is C19H16ClFN2O. The Hall–Kier alpha value is -2.59. The second kappa shape index (κ2) is 7.32. The number of amides is 1. The van der Waals surface area contributed by atoms with Crippen molar-refractivity contribution in [3.05, 3.63) is 89.5 Å². The molecule has 0 saturated carbocycles. The van der Waals surface area contributed by atoms with Crippen molar-refractivity contribution >= 4 is 23.2 Å². The largest absolute Gasteiger partial charge is 0.346 e. The Bertz CT molecular complexity index is 833. The lowest BCUT2D eigenvalue weighted by Crippen LogP contribution is -2.19. The van der Waals surface area contributed by atoms with Crippen LogP contribution in [0.5, 0.6) is 0 Å². The zero-order valence-electron chi connectivity index (χ0n) is 12.8. The molecule has 0 spiro atoms. The van der Waals surface area contributed by atoms with E-state index in [1.807, 2.05) is 35.2 Å². The van der Waals surface area contributed by atoms with Crippen molar-refractivity contribution in [1.82, 2.24) is 4.57 Å². The van der Waals surface area contributed by atoms with Crippen LogP contribution in [0.15, 0.2) is 73.1 Å². The fourth-order valence-corrected chi connectivity index (χ4v) is 2.81. The number of carbonyl (C=O) groups is 1. The minimum Gasteiger partial charge on any atom is -0.346 e. The molecule has 2 aromatic carbocycles. The first-order chi connectivity index (χ1) is 11.6. The molecule has 0 saturated heterocycles. The van der Waals surface area contributed by atoms with Gasteiger partial charge in [0.1, 0.15) is 5.82 Å². The normalized spacial score (nSPS) is 11.9. The Kier molecular flexibility index (Phi) is 4.96. The summed E-state index contributed by atoms with van der Waals surface area (Å²) in [4.78, 5) is 12.4. The number of hydrogen-bond donors (Lipinski definition) is 1. The summed E-state index contributed by atoms with van der Waals surface area (Å²) in [6.45, 7) is 0. The number of carbonyl (C=O) groups excluding carboxylic acids is 1. The van der Waals surface area contributed by atoms with E-state index in [0.29, 0.717) is 10.7 Å². The molecule has 1 aromatic heterocycles. The van der Waals surface area contributed by atoms with Gasteiger partial charge in [0.15, 0.2) is 0 Å². The average molecular weight is 343 g/mol. The fourth-order valence-electron chi connectivity index (χ4n) is 2.62. The molecule has 0 aliphatic rings. The van der Waals surface area contributed by atoms with Crippen molar-refractivity contribution in [2.24, 2.45) is 0 Å². The molecule has 24 heavy (non-hydrogen) atoms. The van der Waals surface area contributed by atoms with E-state index < -0.39 is 0 Å². The van der Waals surface area contributed by atoms with E-state index in [9.17, 15) is 9.18 Å². The highest BCUT2D eigenvalue weighted by molar-refractivity contribution is 6.30. The van der Waals surface area contributed by atoms with Crippen LogP contribution in [0, 0.1) is 5.82 Å². The maximum atomic E-state index is 13.6. The van der Waals surface area contributed by atoms with Crippen LogP contribution in [0.4, 0.5) is 10.1 Å². The Morgan fingerprint density at radius 3 is 2.54 bits per heavy atom. The van der Waals surface area contributed by atoms with Gasteiger partial charge < -0.3 is 9.88 Å². The molecule has 122 valence electrons. The highest BCUT2D eigenvalue weighted by atomic mass is 35.5. The molecule has 0 aliphatic carbocycles. The highest BCUT2D eigenvalue weighted by Gasteiger charge is 2.18. The van der Waals surface area contributed by atoms with Gasteiger partial charge in [0.05, 0.1) is 12.5 Å². The van der Waals surface area contributed by atoms with E-state index in [1.165, 1.54) is 12.1 Å². The molecule has 0 fully saturated rings. The molecule has 1 N–H and O–H groups in total. The number of aromatic nitrogens is 1. The number of rotatable bonds is 5. The maximum Gasteiger partial charge on any atom is 0.226 e. The second-order valence-corrected chi connectivity index (χ2v) is 5.90. The van der Waals surface area contributed by atoms with Crippen LogP contribution in [0.1, 0.15) is 18.0 Å². The van der Waals surface area contributed by atoms with E-state index in [1.54, 1.807) is 30.3 Å². The number of halogens is 2. The van der Waals surface area contributed by atoms with E-state index in [2.05, 4.69) is 5.32 Å². The Labute approximate surface area is 144 Å². The molecular weight excluding hydrogens is 327 g/mol. The molecule has 3 aromatic rings. The lowest BCUT2D eigenvalue weighted by molar-refractivity contribution is -0.116. The molecule has 5 heteroatoms. The maximum absolute atomic E-state index is 13.6. The van der Waals surface area contributed by atoms with Crippen molar-refractivity contribution in [3.63, 3.8) is 0 Å². The molecule has 3 rings (SSSR count). The van der Waals surface area contributed by atoms with Gasteiger partial charge in [-0.05, 0) is 48.0 Å². The predicted octanol–water partition coefficient (Wildman–Crippen LogP) is 4.90. The zero-order valence-corrected chi connectivity index (χ0v) is 13.6. The summed E-state index contributed by atoms with van der Waals surface area (Å²) < 4.78 is 15.5. The Morgan fingerprint density at radius 1 is 1.08 bits per heavy atom. The zero-order chi connectivity index (χ0) is 16.9. The molecule has 1 unspecified atom stereocenters. The summed E-state index contributed by atoms with van der Waals surface area (Å²) >= 11 is 5.93. The van der Waals surface area contributed by atoms with Gasteiger partial charge in [-0.15, -0.1) is 0 Å². The van der Waals surface area contributed by atoms with E-state index in [-0.39, 0.29) is 24.2 Å². The van der Waals surface area contributed by atoms with Gasteiger partial charge in [0, 0.05) is 23.1 Å². The third-order valence-corrected chi connectivity index (χ3v) is 3.94. The number of anilines is 1. The van der Waals surface area contributed by atoms with Gasteiger partial charge in [-0.2, -0.15) is 0 Å². The average Bonchev–Trinajstić information content (AvgIpc) is 3.07. The molecule has 1 amide bonds. The van der Waals surface area contributed by atoms with Gasteiger partial charge in [-0.1, -0.05) is 29.8 Å². The van der Waals surface area contributed by atoms with Gasteiger partial charge in [0.2, 0.25) is 5.91 Å². The van der Waals surface area contributed by atoms with Crippen LogP contribution in [-0.2, 0) is 4.79 Å². The van der Waals surface area contributed by atoms with Crippen molar-refractivity contribution < 1.29 is 9.18 Å². The lowest BCUT2D eigenvalue weighted by Gasteiger charge is -2.19. The Morgan fingerprint density at radius 2 is 1.83 bits per heavy atom. The van der Waals surface area contributed by atoms with E-state index in [4.69, 9.17) is 11.6 Å². The third-order valence-electron chi connectivity index (χ3n) is 3.71. The summed E-state index contributed by atoms with van der Waals surface area (Å²) in [5.41, 5.74) is 1.38. The van der Waals surface area contributed by atoms with Crippen molar-refractivity contribution in [2.75, 3.05) is 5.32 Å². The summed E-state index contributed by atoms with van der Waals surface area (Å²) in [5, 5.41) is 3.38. The van der Waals surface area contributed by atoms with Crippen LogP contribution >= 0.6 is 11.6 Å². The number of hydrogen-bond acceptors (Lipinski definition) is 1. The van der Waals surface area contributed by atoms with Crippen molar-refractivity contribution in [1.29, 1.82) is 0 Å². The standard InChI is InChI=1S/C19H16ClFN2O/c20-15-6-4-8-17(12-15)22-19(24)13-18(23-9-1-2-10-23)14-5-3-7-16(21)11-14/h1-12,18H,13H2,(H,22,24). The fraction of sp³-hybridized carbons (Fsp3) is 0.105. The molecule has 1 heterocycles. The highest BCUT2D eigenvalue weighted by Crippen LogP contribution is 2.24. The van der Waals surface area contributed by atoms with Gasteiger partial charge >= 0.3 is 0 Å². The number of benzene rings is 2. The summed E-state index contributed by atoms with van der Waals surface area (Å²) in [6, 6.07) is 16.8. The minimum atomic E-state index is -0.320. The van der Waals surface area contributed by atoms with Gasteiger partial charge in [0.25, 0.3) is 0 Å². The first kappa shape index (κ1) is 16.3. The topological polar surface area (TPSA) is 34.0 Å². The van der Waals surface area contributed by atoms with Crippen LogP contribution in [0.3, 0.4) is 0 Å². The van der Waals surface area contributed by atoms with Crippen molar-refractivity contribution in [3.8, 4) is 0 Å². The second-order valence-electron chi connectivity index (χ2n) is 5.46. The molecule has 0 radical (unpaired) electrons. The third kappa shape index (κ3) is 4.03. The number of nitrogens with one attached hydrogen (secondary N) is 1. The molecule has 0 aliphatic heterocycles. The smallest absolute Gasteiger partial charge is 0.226 e. The van der Waals surface area contributed by atoms with E-state index in [0.717, 1.165) is 5.56 Å². The van der Waals surface area contributed by atoms with Crippen LogP contribution in [0.2, 0.25) is 5.02 Å². The van der Waals surface area contributed by atoms with Gasteiger partial charge in [-0.3, -0.25) is 4.79 Å². The molecule has 3 nitrogen and oxygen atoms in total. The lowest BCUT2D eigenvalue weighted by atomic mass is 10.0. The Balaban J connectivity index is 1.80. The summed E-state index contributed by atoms with van der Waals surface area (Å²) in [5.74, 6) is -0.486. The van der Waals surface area contributed by atoms with Crippen LogP contribution in [-0.4, -0.2) is 10.5 Å². The SMILES string of the molecule is O=C(CC(c1cccc(F)c1)n1cccc1)Nc1cccc(Cl)c1. The van der Waals surface area contributed by atoms with Crippen LogP contribution in [0.25, 0.3) is 0 Å². The van der Waals surface area contributed by atoms with E-state index >= 15 is 0 Å². The van der Waals surface area contributed by atoms with Crippen molar-refractivity contribution in [2.45, 2.75) is 12.5 Å². The number of nitrogens with zero attached hydrogens (tertiary/aromatic N) is 1. The predicted molar refractivity (Wildman–Crippen MR) is 93.7 cm³/mol. The van der Waals surface area contributed by atoms with Crippen LogP contribution < -0.4 is 5.32 Å². The quantitative estimate of drug-likeness (QED) is 0.703.